The minimum atomic E-state index is 0.375. The lowest BCUT2D eigenvalue weighted by Gasteiger charge is -2.30. The molecule has 0 aromatic rings. The van der Waals surface area contributed by atoms with Gasteiger partial charge in [-0.3, -0.25) is 0 Å². The quantitative estimate of drug-likeness (QED) is 0.359. The first-order valence-electron chi connectivity index (χ1n) is 7.36. The summed E-state index contributed by atoms with van der Waals surface area (Å²) in [7, 11) is 0. The van der Waals surface area contributed by atoms with Gasteiger partial charge in [-0.2, -0.15) is 0 Å². The Morgan fingerprint density at radius 1 is 1.28 bits per heavy atom. The number of hydrogen-bond acceptors (Lipinski definition) is 3. The van der Waals surface area contributed by atoms with E-state index in [0.29, 0.717) is 12.2 Å². The van der Waals surface area contributed by atoms with Gasteiger partial charge in [0.25, 0.3) is 0 Å². The van der Waals surface area contributed by atoms with E-state index in [9.17, 15) is 0 Å². The van der Waals surface area contributed by atoms with Gasteiger partial charge in [0.2, 0.25) is 0 Å². The maximum absolute atomic E-state index is 6.08. The summed E-state index contributed by atoms with van der Waals surface area (Å²) >= 11 is 0. The third-order valence-electron chi connectivity index (χ3n) is 3.94. The highest BCUT2D eigenvalue weighted by Gasteiger charge is 2.28. The monoisotopic (exact) mass is 254 g/mol. The third-order valence-corrected chi connectivity index (χ3v) is 3.94. The normalized spacial score (nSPS) is 25.7. The average molecular weight is 254 g/mol. The molecule has 1 aliphatic carbocycles. The molecule has 2 aliphatic rings. The van der Waals surface area contributed by atoms with Crippen molar-refractivity contribution in [3.05, 3.63) is 12.8 Å². The van der Waals surface area contributed by atoms with Gasteiger partial charge in [0.1, 0.15) is 6.10 Å². The van der Waals surface area contributed by atoms with Crippen molar-refractivity contribution >= 4 is 0 Å². The van der Waals surface area contributed by atoms with E-state index >= 15 is 0 Å². The van der Waals surface area contributed by atoms with Crippen molar-refractivity contribution in [2.45, 2.75) is 57.2 Å². The first-order valence-corrected chi connectivity index (χ1v) is 7.36. The van der Waals surface area contributed by atoms with Crippen LogP contribution in [0.2, 0.25) is 0 Å². The van der Waals surface area contributed by atoms with E-state index in [4.69, 9.17) is 14.2 Å². The lowest BCUT2D eigenvalue weighted by Crippen LogP contribution is -2.28. The number of epoxide rings is 1. The van der Waals surface area contributed by atoms with E-state index in [1.165, 1.54) is 38.4 Å². The van der Waals surface area contributed by atoms with Gasteiger partial charge < -0.3 is 14.2 Å². The SMILES string of the molecule is C=COCCCC(OCC1CO1)C1CCCCC1. The number of hydrogen-bond donors (Lipinski definition) is 0. The van der Waals surface area contributed by atoms with Crippen LogP contribution in [0.4, 0.5) is 0 Å². The van der Waals surface area contributed by atoms with Crippen molar-refractivity contribution < 1.29 is 14.2 Å². The second kappa shape index (κ2) is 7.80. The van der Waals surface area contributed by atoms with Gasteiger partial charge in [-0.15, -0.1) is 0 Å². The number of ether oxygens (including phenoxy) is 3. The second-order valence-electron chi connectivity index (χ2n) is 5.40. The maximum Gasteiger partial charge on any atom is 0.104 e. The molecule has 0 radical (unpaired) electrons. The minimum absolute atomic E-state index is 0.375. The summed E-state index contributed by atoms with van der Waals surface area (Å²) in [6.07, 6.45) is 11.3. The van der Waals surface area contributed by atoms with Crippen molar-refractivity contribution in [1.29, 1.82) is 0 Å². The Kier molecular flexibility index (Phi) is 6.01. The van der Waals surface area contributed by atoms with Crippen LogP contribution in [0.3, 0.4) is 0 Å². The zero-order chi connectivity index (χ0) is 12.6. The fourth-order valence-electron chi connectivity index (χ4n) is 2.81. The Labute approximate surface area is 110 Å². The zero-order valence-electron chi connectivity index (χ0n) is 11.3. The predicted octanol–water partition coefficient (Wildman–Crippen LogP) is 3.29. The fraction of sp³-hybridized carbons (Fsp3) is 0.867. The summed E-state index contributed by atoms with van der Waals surface area (Å²) < 4.78 is 16.5. The maximum atomic E-state index is 6.08. The highest BCUT2D eigenvalue weighted by molar-refractivity contribution is 4.77. The number of rotatable bonds is 9. The van der Waals surface area contributed by atoms with Crippen LogP contribution in [0.5, 0.6) is 0 Å². The van der Waals surface area contributed by atoms with Crippen LogP contribution in [0, 0.1) is 5.92 Å². The molecule has 2 rings (SSSR count). The molecule has 0 amide bonds. The molecule has 18 heavy (non-hydrogen) atoms. The molecule has 0 aromatic carbocycles. The summed E-state index contributed by atoms with van der Waals surface area (Å²) in [5.41, 5.74) is 0. The van der Waals surface area contributed by atoms with E-state index in [-0.39, 0.29) is 0 Å². The van der Waals surface area contributed by atoms with Gasteiger partial charge in [0.15, 0.2) is 0 Å². The highest BCUT2D eigenvalue weighted by atomic mass is 16.6. The summed E-state index contributed by atoms with van der Waals surface area (Å²) in [5, 5.41) is 0. The smallest absolute Gasteiger partial charge is 0.104 e. The van der Waals surface area contributed by atoms with Gasteiger partial charge in [-0.25, -0.2) is 0 Å². The molecule has 0 bridgehead atoms. The molecule has 0 aromatic heterocycles. The third kappa shape index (κ3) is 4.99. The van der Waals surface area contributed by atoms with E-state index in [1.807, 2.05) is 0 Å². The lowest BCUT2D eigenvalue weighted by atomic mass is 9.83. The van der Waals surface area contributed by atoms with Crippen LogP contribution in [-0.4, -0.2) is 32.0 Å². The van der Waals surface area contributed by atoms with E-state index in [0.717, 1.165) is 38.6 Å². The topological polar surface area (TPSA) is 31.0 Å². The summed E-state index contributed by atoms with van der Waals surface area (Å²) in [6.45, 7) is 5.99. The first kappa shape index (κ1) is 13.9. The molecule has 104 valence electrons. The van der Waals surface area contributed by atoms with Gasteiger partial charge in [0, 0.05) is 0 Å². The molecular formula is C15H26O3. The van der Waals surface area contributed by atoms with Crippen LogP contribution in [0.1, 0.15) is 44.9 Å². The summed E-state index contributed by atoms with van der Waals surface area (Å²) in [4.78, 5) is 0. The van der Waals surface area contributed by atoms with Crippen LogP contribution in [0.15, 0.2) is 12.8 Å². The molecular weight excluding hydrogens is 228 g/mol. The molecule has 0 N–H and O–H groups in total. The second-order valence-corrected chi connectivity index (χ2v) is 5.40. The van der Waals surface area contributed by atoms with Gasteiger partial charge in [-0.05, 0) is 31.6 Å². The van der Waals surface area contributed by atoms with E-state index < -0.39 is 0 Å². The average Bonchev–Trinajstić information content (AvgIpc) is 3.23. The fourth-order valence-corrected chi connectivity index (χ4v) is 2.81. The molecule has 0 spiro atoms. The molecule has 1 saturated heterocycles. The van der Waals surface area contributed by atoms with Crippen LogP contribution in [-0.2, 0) is 14.2 Å². The van der Waals surface area contributed by atoms with Crippen molar-refractivity contribution in [1.82, 2.24) is 0 Å². The van der Waals surface area contributed by atoms with Gasteiger partial charge >= 0.3 is 0 Å². The van der Waals surface area contributed by atoms with Crippen molar-refractivity contribution in [2.75, 3.05) is 19.8 Å². The molecule has 2 atom stereocenters. The highest BCUT2D eigenvalue weighted by Crippen LogP contribution is 2.30. The molecule has 3 nitrogen and oxygen atoms in total. The molecule has 1 heterocycles. The minimum Gasteiger partial charge on any atom is -0.502 e. The van der Waals surface area contributed by atoms with E-state index in [2.05, 4.69) is 6.58 Å². The Morgan fingerprint density at radius 3 is 2.72 bits per heavy atom. The van der Waals surface area contributed by atoms with Crippen molar-refractivity contribution in [3.8, 4) is 0 Å². The van der Waals surface area contributed by atoms with Crippen molar-refractivity contribution in [3.63, 3.8) is 0 Å². The van der Waals surface area contributed by atoms with Gasteiger partial charge in [0.05, 0.1) is 32.2 Å². The Morgan fingerprint density at radius 2 is 2.06 bits per heavy atom. The largest absolute Gasteiger partial charge is 0.502 e. The van der Waals surface area contributed by atoms with Gasteiger partial charge in [-0.1, -0.05) is 25.8 Å². The summed E-state index contributed by atoms with van der Waals surface area (Å²) in [6, 6.07) is 0. The molecule has 1 saturated carbocycles. The Balaban J connectivity index is 1.70. The Bertz CT molecular complexity index is 232. The zero-order valence-corrected chi connectivity index (χ0v) is 11.3. The standard InChI is InChI=1S/C15H26O3/c1-2-16-10-6-9-15(18-12-14-11-17-14)13-7-4-3-5-8-13/h2,13-15H,1,3-12H2. The van der Waals surface area contributed by atoms with Crippen LogP contribution in [0.25, 0.3) is 0 Å². The summed E-state index contributed by atoms with van der Waals surface area (Å²) in [5.74, 6) is 0.751. The molecule has 1 aliphatic heterocycles. The van der Waals surface area contributed by atoms with E-state index in [1.54, 1.807) is 0 Å². The van der Waals surface area contributed by atoms with Crippen LogP contribution < -0.4 is 0 Å². The Hall–Kier alpha value is -0.540. The first-order chi connectivity index (χ1) is 8.90. The van der Waals surface area contributed by atoms with Crippen molar-refractivity contribution in [2.24, 2.45) is 5.92 Å². The lowest BCUT2D eigenvalue weighted by molar-refractivity contribution is -0.0147. The molecule has 2 unspecified atom stereocenters. The van der Waals surface area contributed by atoms with Crippen LogP contribution >= 0.6 is 0 Å². The molecule has 2 fully saturated rings. The predicted molar refractivity (Wildman–Crippen MR) is 71.4 cm³/mol. The molecule has 3 heteroatoms.